The average Bonchev–Trinajstić information content (AvgIpc) is 2.47. The summed E-state index contributed by atoms with van der Waals surface area (Å²) in [6.45, 7) is 8.45. The van der Waals surface area contributed by atoms with E-state index in [1.165, 1.54) is 0 Å². The van der Waals surface area contributed by atoms with Crippen LogP contribution in [-0.4, -0.2) is 41.3 Å². The first-order valence-electron chi connectivity index (χ1n) is 6.67. The molecule has 2 heterocycles. The third-order valence-corrected chi connectivity index (χ3v) is 3.48. The summed E-state index contributed by atoms with van der Waals surface area (Å²) in [7, 11) is 3.94. The second-order valence-electron chi connectivity index (χ2n) is 6.50. The molecule has 1 aliphatic heterocycles. The standard InChI is InChI=1S/C14H24N4O/c1-13(2)9-10(14(3,4)19-13)16-12-15-8-7-11(17-12)18(5)6/h7-8,10H,9H2,1-6H3,(H,15,16,17). The lowest BCUT2D eigenvalue weighted by molar-refractivity contribution is -0.0663. The predicted octanol–water partition coefficient (Wildman–Crippen LogP) is 2.30. The van der Waals surface area contributed by atoms with E-state index in [0.717, 1.165) is 12.2 Å². The number of nitrogens with one attached hydrogen (secondary N) is 1. The van der Waals surface area contributed by atoms with E-state index in [0.29, 0.717) is 5.95 Å². The van der Waals surface area contributed by atoms with Crippen molar-refractivity contribution in [3.8, 4) is 0 Å². The molecule has 0 aliphatic carbocycles. The molecule has 0 aromatic carbocycles. The molecule has 0 radical (unpaired) electrons. The quantitative estimate of drug-likeness (QED) is 0.908. The summed E-state index contributed by atoms with van der Waals surface area (Å²) < 4.78 is 6.07. The zero-order valence-electron chi connectivity index (χ0n) is 12.7. The maximum Gasteiger partial charge on any atom is 0.224 e. The highest BCUT2D eigenvalue weighted by Crippen LogP contribution is 2.38. The zero-order valence-corrected chi connectivity index (χ0v) is 12.7. The molecule has 19 heavy (non-hydrogen) atoms. The summed E-state index contributed by atoms with van der Waals surface area (Å²) in [4.78, 5) is 10.8. The van der Waals surface area contributed by atoms with Crippen LogP contribution in [0.1, 0.15) is 34.1 Å². The highest BCUT2D eigenvalue weighted by Gasteiger charge is 2.46. The van der Waals surface area contributed by atoms with Gasteiger partial charge in [-0.2, -0.15) is 4.98 Å². The lowest BCUT2D eigenvalue weighted by Gasteiger charge is -2.27. The van der Waals surface area contributed by atoms with Gasteiger partial charge in [0.1, 0.15) is 5.82 Å². The van der Waals surface area contributed by atoms with E-state index in [1.807, 2.05) is 25.1 Å². The third kappa shape index (κ3) is 3.15. The zero-order chi connectivity index (χ0) is 14.3. The molecule has 106 valence electrons. The van der Waals surface area contributed by atoms with Gasteiger partial charge in [-0.3, -0.25) is 0 Å². The number of rotatable bonds is 3. The number of anilines is 2. The summed E-state index contributed by atoms with van der Waals surface area (Å²) >= 11 is 0. The van der Waals surface area contributed by atoms with Crippen molar-refractivity contribution in [3.63, 3.8) is 0 Å². The second kappa shape index (κ2) is 4.63. The van der Waals surface area contributed by atoms with Gasteiger partial charge in [-0.15, -0.1) is 0 Å². The van der Waals surface area contributed by atoms with Crippen molar-refractivity contribution in [2.24, 2.45) is 0 Å². The van der Waals surface area contributed by atoms with E-state index in [4.69, 9.17) is 4.74 Å². The average molecular weight is 264 g/mol. The van der Waals surface area contributed by atoms with Gasteiger partial charge >= 0.3 is 0 Å². The van der Waals surface area contributed by atoms with Gasteiger partial charge in [0.2, 0.25) is 5.95 Å². The lowest BCUT2D eigenvalue weighted by Crippen LogP contribution is -2.38. The van der Waals surface area contributed by atoms with Gasteiger partial charge < -0.3 is 15.0 Å². The molecule has 1 saturated heterocycles. The Morgan fingerprint density at radius 3 is 2.53 bits per heavy atom. The van der Waals surface area contributed by atoms with Crippen LogP contribution in [0.2, 0.25) is 0 Å². The Morgan fingerprint density at radius 1 is 1.32 bits per heavy atom. The predicted molar refractivity (Wildman–Crippen MR) is 77.6 cm³/mol. The SMILES string of the molecule is CN(C)c1ccnc(NC2CC(C)(C)OC2(C)C)n1. The smallest absolute Gasteiger partial charge is 0.224 e. The van der Waals surface area contributed by atoms with Crippen molar-refractivity contribution in [2.45, 2.75) is 51.4 Å². The van der Waals surface area contributed by atoms with Gasteiger partial charge in [-0.25, -0.2) is 4.98 Å². The summed E-state index contributed by atoms with van der Waals surface area (Å²) in [5.41, 5.74) is -0.332. The van der Waals surface area contributed by atoms with Gasteiger partial charge in [0.05, 0.1) is 17.2 Å². The van der Waals surface area contributed by atoms with Crippen LogP contribution in [0.15, 0.2) is 12.3 Å². The molecule has 2 rings (SSSR count). The monoisotopic (exact) mass is 264 g/mol. The second-order valence-corrected chi connectivity index (χ2v) is 6.50. The van der Waals surface area contributed by atoms with E-state index in [1.54, 1.807) is 6.20 Å². The molecule has 5 heteroatoms. The molecule has 1 fully saturated rings. The first-order chi connectivity index (χ1) is 8.70. The van der Waals surface area contributed by atoms with Crippen LogP contribution in [0.25, 0.3) is 0 Å². The van der Waals surface area contributed by atoms with Crippen LogP contribution in [0.4, 0.5) is 11.8 Å². The summed E-state index contributed by atoms with van der Waals surface area (Å²) in [5.74, 6) is 1.55. The van der Waals surface area contributed by atoms with Gasteiger partial charge in [-0.05, 0) is 40.2 Å². The minimum Gasteiger partial charge on any atom is -0.367 e. The number of hydrogen-bond acceptors (Lipinski definition) is 5. The number of aromatic nitrogens is 2. The maximum absolute atomic E-state index is 6.07. The van der Waals surface area contributed by atoms with E-state index >= 15 is 0 Å². The van der Waals surface area contributed by atoms with Crippen LogP contribution < -0.4 is 10.2 Å². The number of nitrogens with zero attached hydrogens (tertiary/aromatic N) is 3. The highest BCUT2D eigenvalue weighted by atomic mass is 16.5. The minimum atomic E-state index is -0.221. The van der Waals surface area contributed by atoms with Crippen molar-refractivity contribution in [3.05, 3.63) is 12.3 Å². The Bertz CT molecular complexity index is 457. The van der Waals surface area contributed by atoms with Crippen LogP contribution in [-0.2, 0) is 4.74 Å². The Morgan fingerprint density at radius 2 is 2.00 bits per heavy atom. The molecule has 5 nitrogen and oxygen atoms in total. The molecule has 1 unspecified atom stereocenters. The molecular weight excluding hydrogens is 240 g/mol. The van der Waals surface area contributed by atoms with E-state index < -0.39 is 0 Å². The van der Waals surface area contributed by atoms with Crippen molar-refractivity contribution in [2.75, 3.05) is 24.3 Å². The van der Waals surface area contributed by atoms with Gasteiger partial charge in [-0.1, -0.05) is 0 Å². The van der Waals surface area contributed by atoms with Crippen molar-refractivity contribution < 1.29 is 4.74 Å². The van der Waals surface area contributed by atoms with Crippen LogP contribution in [0.5, 0.6) is 0 Å². The summed E-state index contributed by atoms with van der Waals surface area (Å²) in [6.07, 6.45) is 2.72. The molecule has 0 amide bonds. The van der Waals surface area contributed by atoms with Crippen molar-refractivity contribution >= 4 is 11.8 Å². The first-order valence-corrected chi connectivity index (χ1v) is 6.67. The number of hydrogen-bond donors (Lipinski definition) is 1. The molecule has 1 aromatic heterocycles. The Hall–Kier alpha value is -1.36. The molecule has 0 spiro atoms. The Balaban J connectivity index is 2.15. The van der Waals surface area contributed by atoms with Crippen molar-refractivity contribution in [1.29, 1.82) is 0 Å². The molecule has 1 aliphatic rings. The van der Waals surface area contributed by atoms with E-state index in [9.17, 15) is 0 Å². The van der Waals surface area contributed by atoms with Gasteiger partial charge in [0.25, 0.3) is 0 Å². The van der Waals surface area contributed by atoms with E-state index in [-0.39, 0.29) is 17.2 Å². The fraction of sp³-hybridized carbons (Fsp3) is 0.714. The Kier molecular flexibility index (Phi) is 3.43. The minimum absolute atomic E-state index is 0.111. The molecule has 0 bridgehead atoms. The molecule has 1 N–H and O–H groups in total. The largest absolute Gasteiger partial charge is 0.367 e. The summed E-state index contributed by atoms with van der Waals surface area (Å²) in [5, 5.41) is 3.41. The lowest BCUT2D eigenvalue weighted by atomic mass is 9.95. The molecule has 1 atom stereocenters. The Labute approximate surface area is 115 Å². The van der Waals surface area contributed by atoms with Crippen molar-refractivity contribution in [1.82, 2.24) is 9.97 Å². The highest BCUT2D eigenvalue weighted by molar-refractivity contribution is 5.41. The molecular formula is C14H24N4O. The van der Waals surface area contributed by atoms with Crippen LogP contribution in [0.3, 0.4) is 0 Å². The van der Waals surface area contributed by atoms with Crippen LogP contribution >= 0.6 is 0 Å². The fourth-order valence-corrected chi connectivity index (χ4v) is 2.61. The number of ether oxygens (including phenoxy) is 1. The molecule has 1 aromatic rings. The summed E-state index contributed by atoms with van der Waals surface area (Å²) in [6, 6.07) is 2.10. The molecule has 0 saturated carbocycles. The fourth-order valence-electron chi connectivity index (χ4n) is 2.61. The topological polar surface area (TPSA) is 50.3 Å². The van der Waals surface area contributed by atoms with E-state index in [2.05, 4.69) is 43.0 Å². The maximum atomic E-state index is 6.07. The van der Waals surface area contributed by atoms with Gasteiger partial charge in [0.15, 0.2) is 0 Å². The normalized spacial score (nSPS) is 24.2. The third-order valence-electron chi connectivity index (χ3n) is 3.48. The van der Waals surface area contributed by atoms with Crippen LogP contribution in [0, 0.1) is 0 Å². The first kappa shape index (κ1) is 14.1. The van der Waals surface area contributed by atoms with Gasteiger partial charge in [0, 0.05) is 20.3 Å².